The quantitative estimate of drug-likeness (QED) is 0.903. The highest BCUT2D eigenvalue weighted by Gasteiger charge is 2.43. The van der Waals surface area contributed by atoms with Crippen LogP contribution in [0.1, 0.15) is 6.42 Å². The number of rotatable bonds is 4. The topological polar surface area (TPSA) is 73.5 Å². The number of carboxylic acids is 1. The molecule has 1 N–H and O–H groups in total. The lowest BCUT2D eigenvalue weighted by molar-refractivity contribution is -0.138. The van der Waals surface area contributed by atoms with Gasteiger partial charge in [0.2, 0.25) is 0 Å². The number of benzene rings is 1. The van der Waals surface area contributed by atoms with E-state index in [4.69, 9.17) is 9.84 Å². The lowest BCUT2D eigenvalue weighted by Crippen LogP contribution is -2.19. The van der Waals surface area contributed by atoms with Crippen molar-refractivity contribution < 1.29 is 14.6 Å². The first-order valence-corrected chi connectivity index (χ1v) is 6.50. The fourth-order valence-corrected chi connectivity index (χ4v) is 2.51. The molecular formula is C14H16N2O4. The highest BCUT2D eigenvalue weighted by Crippen LogP contribution is 2.38. The summed E-state index contributed by atoms with van der Waals surface area (Å²) in [5.41, 5.74) is 1.57. The van der Waals surface area contributed by atoms with Gasteiger partial charge in [-0.05, 0) is 18.6 Å². The minimum atomic E-state index is -0.750. The molecule has 106 valence electrons. The van der Waals surface area contributed by atoms with Crippen molar-refractivity contribution in [3.05, 3.63) is 28.7 Å². The van der Waals surface area contributed by atoms with Gasteiger partial charge in [0, 0.05) is 26.1 Å². The van der Waals surface area contributed by atoms with Gasteiger partial charge < -0.3 is 9.84 Å². The second kappa shape index (κ2) is 4.40. The molecular weight excluding hydrogens is 260 g/mol. The molecule has 0 bridgehead atoms. The average molecular weight is 276 g/mol. The zero-order valence-corrected chi connectivity index (χ0v) is 11.4. The smallest absolute Gasteiger partial charge is 0.328 e. The van der Waals surface area contributed by atoms with E-state index in [0.29, 0.717) is 18.8 Å². The molecule has 1 aliphatic carbocycles. The first-order valence-electron chi connectivity index (χ1n) is 6.50. The van der Waals surface area contributed by atoms with Crippen LogP contribution in [0.2, 0.25) is 0 Å². The van der Waals surface area contributed by atoms with E-state index in [-0.39, 0.29) is 17.5 Å². The molecule has 0 unspecified atom stereocenters. The summed E-state index contributed by atoms with van der Waals surface area (Å²) in [6, 6.07) is 5.46. The maximum Gasteiger partial charge on any atom is 0.328 e. The molecule has 1 saturated carbocycles. The molecule has 0 aliphatic heterocycles. The lowest BCUT2D eigenvalue weighted by atomic mass is 10.3. The van der Waals surface area contributed by atoms with Gasteiger partial charge in [0.15, 0.2) is 0 Å². The van der Waals surface area contributed by atoms with Gasteiger partial charge in [0.1, 0.15) is 5.75 Å². The Morgan fingerprint density at radius 3 is 2.70 bits per heavy atom. The molecule has 2 aromatic rings. The third kappa shape index (κ3) is 1.97. The van der Waals surface area contributed by atoms with Crippen LogP contribution in [0.3, 0.4) is 0 Å². The first-order chi connectivity index (χ1) is 9.49. The number of hydrogen-bond donors (Lipinski definition) is 1. The molecule has 2 atom stereocenters. The molecule has 6 nitrogen and oxygen atoms in total. The Hall–Kier alpha value is -2.24. The van der Waals surface area contributed by atoms with Gasteiger partial charge in [-0.2, -0.15) is 0 Å². The maximum atomic E-state index is 11.8. The lowest BCUT2D eigenvalue weighted by Gasteiger charge is -2.06. The Kier molecular flexibility index (Phi) is 2.81. The van der Waals surface area contributed by atoms with Crippen molar-refractivity contribution in [2.45, 2.75) is 6.42 Å². The number of aromatic nitrogens is 2. The SMILES string of the molecule is Cn1c(=O)n(C)c2cc(OC[C@@H]3C[C@H]3C(=O)O)ccc21. The van der Waals surface area contributed by atoms with Gasteiger partial charge in [0.05, 0.1) is 23.6 Å². The molecule has 3 rings (SSSR count). The first kappa shape index (κ1) is 12.8. The van der Waals surface area contributed by atoms with Crippen molar-refractivity contribution in [3.63, 3.8) is 0 Å². The van der Waals surface area contributed by atoms with Crippen LogP contribution in [0, 0.1) is 11.8 Å². The number of aliphatic carboxylic acids is 1. The number of hydrogen-bond acceptors (Lipinski definition) is 3. The van der Waals surface area contributed by atoms with Crippen LogP contribution in [-0.4, -0.2) is 26.8 Å². The zero-order valence-electron chi connectivity index (χ0n) is 11.4. The van der Waals surface area contributed by atoms with Crippen LogP contribution in [0.15, 0.2) is 23.0 Å². The summed E-state index contributed by atoms with van der Waals surface area (Å²) < 4.78 is 8.79. The number of carboxylic acid groups (broad SMARTS) is 1. The maximum absolute atomic E-state index is 11.8. The van der Waals surface area contributed by atoms with Crippen LogP contribution in [0.25, 0.3) is 11.0 Å². The third-order valence-corrected chi connectivity index (χ3v) is 3.95. The Morgan fingerprint density at radius 2 is 2.05 bits per heavy atom. The summed E-state index contributed by atoms with van der Waals surface area (Å²) in [7, 11) is 3.45. The Bertz CT molecular complexity index is 743. The molecule has 0 amide bonds. The number of nitrogens with zero attached hydrogens (tertiary/aromatic N) is 2. The monoisotopic (exact) mass is 276 g/mol. The van der Waals surface area contributed by atoms with Gasteiger partial charge in [-0.3, -0.25) is 13.9 Å². The van der Waals surface area contributed by atoms with Crippen LogP contribution in [0.5, 0.6) is 5.75 Å². The van der Waals surface area contributed by atoms with Crippen LogP contribution < -0.4 is 10.4 Å². The normalized spacial score (nSPS) is 21.1. The van der Waals surface area contributed by atoms with E-state index in [0.717, 1.165) is 11.0 Å². The second-order valence-electron chi connectivity index (χ2n) is 5.30. The largest absolute Gasteiger partial charge is 0.493 e. The van der Waals surface area contributed by atoms with Crippen LogP contribution in [0.4, 0.5) is 0 Å². The van der Waals surface area contributed by atoms with Crippen molar-refractivity contribution in [3.8, 4) is 5.75 Å². The molecule has 1 aliphatic rings. The van der Waals surface area contributed by atoms with E-state index < -0.39 is 5.97 Å². The van der Waals surface area contributed by atoms with Crippen LogP contribution >= 0.6 is 0 Å². The van der Waals surface area contributed by atoms with E-state index in [9.17, 15) is 9.59 Å². The Morgan fingerprint density at radius 1 is 1.35 bits per heavy atom. The average Bonchev–Trinajstić information content (AvgIpc) is 3.18. The molecule has 20 heavy (non-hydrogen) atoms. The molecule has 1 aromatic carbocycles. The summed E-state index contributed by atoms with van der Waals surface area (Å²) >= 11 is 0. The highest BCUT2D eigenvalue weighted by atomic mass is 16.5. The van der Waals surface area contributed by atoms with Crippen molar-refractivity contribution in [2.24, 2.45) is 25.9 Å². The van der Waals surface area contributed by atoms with E-state index in [1.54, 1.807) is 29.3 Å². The van der Waals surface area contributed by atoms with E-state index in [1.165, 1.54) is 0 Å². The van der Waals surface area contributed by atoms with Crippen molar-refractivity contribution in [2.75, 3.05) is 6.61 Å². The van der Waals surface area contributed by atoms with E-state index in [1.807, 2.05) is 12.1 Å². The predicted octanol–water partition coefficient (Wildman–Crippen LogP) is 0.976. The minimum Gasteiger partial charge on any atom is -0.493 e. The summed E-state index contributed by atoms with van der Waals surface area (Å²) in [5.74, 6) is -0.253. The molecule has 0 saturated heterocycles. The van der Waals surface area contributed by atoms with Gasteiger partial charge in [-0.15, -0.1) is 0 Å². The minimum absolute atomic E-state index is 0.0784. The zero-order chi connectivity index (χ0) is 14.4. The Balaban J connectivity index is 1.78. The molecule has 0 spiro atoms. The molecule has 1 fully saturated rings. The predicted molar refractivity (Wildman–Crippen MR) is 72.9 cm³/mol. The summed E-state index contributed by atoms with van der Waals surface area (Å²) in [6.07, 6.45) is 0.682. The Labute approximate surface area is 115 Å². The van der Waals surface area contributed by atoms with Crippen molar-refractivity contribution in [1.82, 2.24) is 9.13 Å². The van der Waals surface area contributed by atoms with Gasteiger partial charge in [0.25, 0.3) is 0 Å². The van der Waals surface area contributed by atoms with Crippen molar-refractivity contribution >= 4 is 17.0 Å². The fraction of sp³-hybridized carbons (Fsp3) is 0.429. The number of ether oxygens (including phenoxy) is 1. The highest BCUT2D eigenvalue weighted by molar-refractivity contribution is 5.77. The summed E-state index contributed by atoms with van der Waals surface area (Å²) in [4.78, 5) is 22.6. The number of aryl methyl sites for hydroxylation is 2. The molecule has 1 heterocycles. The van der Waals surface area contributed by atoms with E-state index in [2.05, 4.69) is 0 Å². The number of fused-ring (bicyclic) bond motifs is 1. The van der Waals surface area contributed by atoms with E-state index >= 15 is 0 Å². The van der Waals surface area contributed by atoms with Gasteiger partial charge in [-0.1, -0.05) is 0 Å². The third-order valence-electron chi connectivity index (χ3n) is 3.95. The second-order valence-corrected chi connectivity index (χ2v) is 5.30. The van der Waals surface area contributed by atoms with Gasteiger partial charge in [-0.25, -0.2) is 4.79 Å². The summed E-state index contributed by atoms with van der Waals surface area (Å²) in [5, 5.41) is 8.84. The standard InChI is InChI=1S/C14H16N2O4/c1-15-11-4-3-9(6-12(11)16(2)14(15)19)20-7-8-5-10(8)13(17)18/h3-4,6,8,10H,5,7H2,1-2H3,(H,17,18)/t8-,10+/m0/s1. The molecule has 6 heteroatoms. The van der Waals surface area contributed by atoms with Gasteiger partial charge >= 0.3 is 11.7 Å². The van der Waals surface area contributed by atoms with Crippen molar-refractivity contribution in [1.29, 1.82) is 0 Å². The number of imidazole rings is 1. The molecule has 1 aromatic heterocycles. The number of carbonyl (C=O) groups is 1. The fourth-order valence-electron chi connectivity index (χ4n) is 2.51. The van der Waals surface area contributed by atoms with Crippen LogP contribution in [-0.2, 0) is 18.9 Å². The molecule has 0 radical (unpaired) electrons. The summed E-state index contributed by atoms with van der Waals surface area (Å²) in [6.45, 7) is 0.406.